The molecule has 0 bridgehead atoms. The summed E-state index contributed by atoms with van der Waals surface area (Å²) >= 11 is 0. The summed E-state index contributed by atoms with van der Waals surface area (Å²) in [4.78, 5) is 9.08. The zero-order valence-electron chi connectivity index (χ0n) is 11.8. The maximum absolute atomic E-state index is 4.89. The summed E-state index contributed by atoms with van der Waals surface area (Å²) in [7, 11) is 2.14. The van der Waals surface area contributed by atoms with Gasteiger partial charge >= 0.3 is 0 Å². The highest BCUT2D eigenvalue weighted by Crippen LogP contribution is 2.36. The predicted molar refractivity (Wildman–Crippen MR) is 77.2 cm³/mol. The van der Waals surface area contributed by atoms with E-state index >= 15 is 0 Å². The maximum Gasteiger partial charge on any atom is 0.117 e. The van der Waals surface area contributed by atoms with Gasteiger partial charge in [0.05, 0.1) is 11.7 Å². The summed E-state index contributed by atoms with van der Waals surface area (Å²) in [5.41, 5.74) is 2.40. The number of nitrogens with one attached hydrogen (secondary N) is 1. The van der Waals surface area contributed by atoms with E-state index in [1.54, 1.807) is 0 Å². The fraction of sp³-hybridized carbons (Fsp3) is 0.600. The molecule has 1 atom stereocenters. The Morgan fingerprint density at radius 2 is 2.37 bits per heavy atom. The summed E-state index contributed by atoms with van der Waals surface area (Å²) in [5.74, 6) is 1.23. The molecule has 0 saturated carbocycles. The van der Waals surface area contributed by atoms with Crippen molar-refractivity contribution in [2.24, 2.45) is 7.05 Å². The monoisotopic (exact) mass is 258 g/mol. The van der Waals surface area contributed by atoms with Crippen LogP contribution in [0.5, 0.6) is 0 Å². The lowest BCUT2D eigenvalue weighted by Crippen LogP contribution is -2.44. The second kappa shape index (κ2) is 4.93. The van der Waals surface area contributed by atoms with E-state index in [0.717, 1.165) is 18.6 Å². The molecule has 102 valence electrons. The SMILES string of the molecule is CCCC1(c2nc3cnccc3n2C)CCCNC1. The Balaban J connectivity index is 2.11. The number of fused-ring (bicyclic) bond motifs is 1. The molecule has 1 unspecified atom stereocenters. The van der Waals surface area contributed by atoms with Crippen LogP contribution < -0.4 is 5.32 Å². The van der Waals surface area contributed by atoms with Crippen molar-refractivity contribution in [2.45, 2.75) is 38.0 Å². The molecular weight excluding hydrogens is 236 g/mol. The van der Waals surface area contributed by atoms with E-state index in [0.29, 0.717) is 0 Å². The zero-order chi connectivity index (χ0) is 13.3. The van der Waals surface area contributed by atoms with Gasteiger partial charge in [0.15, 0.2) is 0 Å². The molecule has 0 aromatic carbocycles. The standard InChI is InChI=1S/C15H22N4/c1-3-6-15(7-4-8-17-11-15)14-18-12-10-16-9-5-13(12)19(14)2/h5,9-10,17H,3-4,6-8,11H2,1-2H3. The van der Waals surface area contributed by atoms with E-state index in [1.165, 1.54) is 37.0 Å². The van der Waals surface area contributed by atoms with Gasteiger partial charge < -0.3 is 9.88 Å². The van der Waals surface area contributed by atoms with E-state index in [-0.39, 0.29) is 5.41 Å². The highest BCUT2D eigenvalue weighted by atomic mass is 15.1. The van der Waals surface area contributed by atoms with Gasteiger partial charge in [-0.15, -0.1) is 0 Å². The average molecular weight is 258 g/mol. The fourth-order valence-corrected chi connectivity index (χ4v) is 3.49. The Kier molecular flexibility index (Phi) is 3.27. The lowest BCUT2D eigenvalue weighted by atomic mass is 9.76. The van der Waals surface area contributed by atoms with Crippen LogP contribution in [0.1, 0.15) is 38.4 Å². The summed E-state index contributed by atoms with van der Waals surface area (Å²) in [6.45, 7) is 4.45. The number of rotatable bonds is 3. The summed E-state index contributed by atoms with van der Waals surface area (Å²) in [6.07, 6.45) is 8.59. The Hall–Kier alpha value is -1.42. The Labute approximate surface area is 114 Å². The molecule has 3 rings (SSSR count). The minimum Gasteiger partial charge on any atom is -0.331 e. The van der Waals surface area contributed by atoms with Crippen molar-refractivity contribution in [3.05, 3.63) is 24.3 Å². The smallest absolute Gasteiger partial charge is 0.117 e. The van der Waals surface area contributed by atoms with Crippen LogP contribution >= 0.6 is 0 Å². The van der Waals surface area contributed by atoms with Gasteiger partial charge in [0, 0.05) is 25.2 Å². The molecule has 1 fully saturated rings. The van der Waals surface area contributed by atoms with Crippen molar-refractivity contribution in [3.63, 3.8) is 0 Å². The topological polar surface area (TPSA) is 42.7 Å². The minimum atomic E-state index is 0.195. The van der Waals surface area contributed by atoms with Gasteiger partial charge in [-0.25, -0.2) is 4.98 Å². The van der Waals surface area contributed by atoms with Gasteiger partial charge in [0.2, 0.25) is 0 Å². The van der Waals surface area contributed by atoms with Crippen molar-refractivity contribution in [3.8, 4) is 0 Å². The van der Waals surface area contributed by atoms with E-state index in [1.807, 2.05) is 12.4 Å². The first-order chi connectivity index (χ1) is 9.27. The van der Waals surface area contributed by atoms with Gasteiger partial charge in [0.1, 0.15) is 11.3 Å². The molecule has 0 aliphatic carbocycles. The Bertz CT molecular complexity index is 561. The van der Waals surface area contributed by atoms with Gasteiger partial charge in [-0.2, -0.15) is 0 Å². The highest BCUT2D eigenvalue weighted by molar-refractivity contribution is 5.74. The van der Waals surface area contributed by atoms with Crippen LogP contribution in [0.4, 0.5) is 0 Å². The predicted octanol–water partition coefficient (Wildman–Crippen LogP) is 2.39. The molecule has 1 aliphatic rings. The summed E-state index contributed by atoms with van der Waals surface area (Å²) in [5, 5.41) is 3.56. The molecule has 0 spiro atoms. The van der Waals surface area contributed by atoms with Gasteiger partial charge in [0.25, 0.3) is 0 Å². The summed E-state index contributed by atoms with van der Waals surface area (Å²) in [6, 6.07) is 2.06. The molecule has 1 N–H and O–H groups in total. The van der Waals surface area contributed by atoms with E-state index in [4.69, 9.17) is 4.98 Å². The van der Waals surface area contributed by atoms with Crippen LogP contribution in [0.15, 0.2) is 18.5 Å². The third-order valence-electron chi connectivity index (χ3n) is 4.36. The van der Waals surface area contributed by atoms with E-state index in [2.05, 4.69) is 34.9 Å². The first kappa shape index (κ1) is 12.6. The van der Waals surface area contributed by atoms with E-state index < -0.39 is 0 Å². The first-order valence-electron chi connectivity index (χ1n) is 7.24. The normalized spacial score (nSPS) is 23.9. The van der Waals surface area contributed by atoms with Crippen LogP contribution in [0.2, 0.25) is 0 Å². The largest absolute Gasteiger partial charge is 0.331 e. The minimum absolute atomic E-state index is 0.195. The Morgan fingerprint density at radius 3 is 3.05 bits per heavy atom. The lowest BCUT2D eigenvalue weighted by molar-refractivity contribution is 0.271. The van der Waals surface area contributed by atoms with Crippen molar-refractivity contribution in [1.29, 1.82) is 0 Å². The third kappa shape index (κ3) is 2.04. The highest BCUT2D eigenvalue weighted by Gasteiger charge is 2.37. The molecule has 19 heavy (non-hydrogen) atoms. The molecule has 0 amide bonds. The molecule has 4 nitrogen and oxygen atoms in total. The summed E-state index contributed by atoms with van der Waals surface area (Å²) < 4.78 is 2.26. The molecule has 2 aromatic rings. The first-order valence-corrected chi connectivity index (χ1v) is 7.24. The van der Waals surface area contributed by atoms with Gasteiger partial charge in [-0.05, 0) is 31.9 Å². The van der Waals surface area contributed by atoms with Crippen LogP contribution in [0.25, 0.3) is 11.0 Å². The molecule has 1 aliphatic heterocycles. The molecule has 3 heterocycles. The van der Waals surface area contributed by atoms with E-state index in [9.17, 15) is 0 Å². The number of piperidine rings is 1. The number of nitrogens with zero attached hydrogens (tertiary/aromatic N) is 3. The molecule has 1 saturated heterocycles. The molecule has 0 radical (unpaired) electrons. The lowest BCUT2D eigenvalue weighted by Gasteiger charge is -2.37. The van der Waals surface area contributed by atoms with Crippen molar-refractivity contribution < 1.29 is 0 Å². The van der Waals surface area contributed by atoms with Crippen LogP contribution in [-0.2, 0) is 12.5 Å². The van der Waals surface area contributed by atoms with Crippen LogP contribution in [-0.4, -0.2) is 27.6 Å². The zero-order valence-corrected chi connectivity index (χ0v) is 11.8. The third-order valence-corrected chi connectivity index (χ3v) is 4.36. The number of pyridine rings is 1. The average Bonchev–Trinajstić information content (AvgIpc) is 2.79. The second-order valence-electron chi connectivity index (χ2n) is 5.67. The van der Waals surface area contributed by atoms with Crippen LogP contribution in [0, 0.1) is 0 Å². The number of aryl methyl sites for hydroxylation is 1. The van der Waals surface area contributed by atoms with Gasteiger partial charge in [-0.1, -0.05) is 13.3 Å². The quantitative estimate of drug-likeness (QED) is 0.919. The number of hydrogen-bond acceptors (Lipinski definition) is 3. The number of imidazole rings is 1. The molecule has 4 heteroatoms. The molecular formula is C15H22N4. The van der Waals surface area contributed by atoms with Crippen molar-refractivity contribution in [1.82, 2.24) is 19.9 Å². The number of aromatic nitrogens is 3. The fourth-order valence-electron chi connectivity index (χ4n) is 3.49. The Morgan fingerprint density at radius 1 is 1.47 bits per heavy atom. The van der Waals surface area contributed by atoms with Crippen molar-refractivity contribution >= 4 is 11.0 Å². The second-order valence-corrected chi connectivity index (χ2v) is 5.67. The maximum atomic E-state index is 4.89. The number of hydrogen-bond donors (Lipinski definition) is 1. The van der Waals surface area contributed by atoms with Gasteiger partial charge in [-0.3, -0.25) is 4.98 Å². The van der Waals surface area contributed by atoms with Crippen LogP contribution in [0.3, 0.4) is 0 Å². The molecule has 2 aromatic heterocycles. The van der Waals surface area contributed by atoms with Crippen molar-refractivity contribution in [2.75, 3.05) is 13.1 Å².